The monoisotopic (exact) mass is 488 g/mol. The number of fused-ring (bicyclic) bond motifs is 1. The average molecular weight is 489 g/mol. The van der Waals surface area contributed by atoms with Crippen LogP contribution in [0.2, 0.25) is 0 Å². The number of rotatable bonds is 7. The number of para-hydroxylation sites is 1. The SMILES string of the molecule is O=C(Cc1cccc2ccc(-c3cccc(C(F)F)c3)nc12)Nc1cccc(CN2CCOCC2)n1. The van der Waals surface area contributed by atoms with Crippen molar-refractivity contribution in [3.63, 3.8) is 0 Å². The van der Waals surface area contributed by atoms with Gasteiger partial charge in [-0.1, -0.05) is 48.5 Å². The molecule has 1 N–H and O–H groups in total. The second-order valence-electron chi connectivity index (χ2n) is 8.74. The van der Waals surface area contributed by atoms with Gasteiger partial charge >= 0.3 is 0 Å². The fraction of sp³-hybridized carbons (Fsp3) is 0.250. The molecule has 184 valence electrons. The first-order valence-electron chi connectivity index (χ1n) is 11.9. The molecule has 1 saturated heterocycles. The van der Waals surface area contributed by atoms with E-state index < -0.39 is 6.43 Å². The normalized spacial score (nSPS) is 14.3. The van der Waals surface area contributed by atoms with Gasteiger partial charge in [0.05, 0.1) is 36.5 Å². The first kappa shape index (κ1) is 24.0. The van der Waals surface area contributed by atoms with Crippen molar-refractivity contribution < 1.29 is 18.3 Å². The van der Waals surface area contributed by atoms with Gasteiger partial charge in [0.1, 0.15) is 5.82 Å². The van der Waals surface area contributed by atoms with Gasteiger partial charge in [-0.25, -0.2) is 18.7 Å². The Kier molecular flexibility index (Phi) is 7.25. The number of nitrogens with zero attached hydrogens (tertiary/aromatic N) is 3. The number of carbonyl (C=O) groups excluding carboxylic acids is 1. The van der Waals surface area contributed by atoms with Crippen LogP contribution in [0.4, 0.5) is 14.6 Å². The smallest absolute Gasteiger partial charge is 0.263 e. The summed E-state index contributed by atoms with van der Waals surface area (Å²) < 4.78 is 31.7. The van der Waals surface area contributed by atoms with Crippen LogP contribution in [0, 0.1) is 0 Å². The quantitative estimate of drug-likeness (QED) is 0.385. The van der Waals surface area contributed by atoms with Gasteiger partial charge in [0, 0.05) is 36.1 Å². The molecule has 5 rings (SSSR count). The summed E-state index contributed by atoms with van der Waals surface area (Å²) in [5.74, 6) is 0.300. The van der Waals surface area contributed by atoms with E-state index in [1.165, 1.54) is 12.1 Å². The van der Waals surface area contributed by atoms with E-state index >= 15 is 0 Å². The highest BCUT2D eigenvalue weighted by molar-refractivity contribution is 5.95. The molecule has 1 aliphatic rings. The molecular weight excluding hydrogens is 462 g/mol. The fourth-order valence-corrected chi connectivity index (χ4v) is 4.33. The number of nitrogens with one attached hydrogen (secondary N) is 1. The lowest BCUT2D eigenvalue weighted by Crippen LogP contribution is -2.35. The number of pyridine rings is 2. The Morgan fingerprint density at radius 3 is 2.61 bits per heavy atom. The number of amides is 1. The molecule has 1 amide bonds. The molecule has 0 saturated carbocycles. The van der Waals surface area contributed by atoms with Gasteiger partial charge in [0.2, 0.25) is 5.91 Å². The van der Waals surface area contributed by atoms with Crippen LogP contribution in [0.25, 0.3) is 22.2 Å². The van der Waals surface area contributed by atoms with Crippen molar-refractivity contribution in [2.45, 2.75) is 19.4 Å². The van der Waals surface area contributed by atoms with E-state index in [1.807, 2.05) is 36.4 Å². The minimum Gasteiger partial charge on any atom is -0.379 e. The standard InChI is InChI=1S/C28H26F2N4O2/c29-28(30)22-7-2-5-20(16-22)24-11-10-19-4-1-6-21(27(19)32-24)17-26(35)33-25-9-3-8-23(31-25)18-34-12-14-36-15-13-34/h1-11,16,28H,12-15,17-18H2,(H,31,33,35). The predicted molar refractivity (Wildman–Crippen MR) is 135 cm³/mol. The maximum atomic E-state index is 13.2. The third kappa shape index (κ3) is 5.72. The summed E-state index contributed by atoms with van der Waals surface area (Å²) in [7, 11) is 0. The molecule has 0 bridgehead atoms. The number of morpholine rings is 1. The Morgan fingerprint density at radius 1 is 0.972 bits per heavy atom. The fourth-order valence-electron chi connectivity index (χ4n) is 4.33. The van der Waals surface area contributed by atoms with Gasteiger partial charge < -0.3 is 10.1 Å². The van der Waals surface area contributed by atoms with E-state index in [-0.39, 0.29) is 17.9 Å². The molecular formula is C28H26F2N4O2. The number of aromatic nitrogens is 2. The number of benzene rings is 2. The molecule has 36 heavy (non-hydrogen) atoms. The van der Waals surface area contributed by atoms with Gasteiger partial charge in [0.25, 0.3) is 6.43 Å². The van der Waals surface area contributed by atoms with Crippen LogP contribution in [0.5, 0.6) is 0 Å². The van der Waals surface area contributed by atoms with E-state index in [2.05, 4.69) is 15.2 Å². The molecule has 6 nitrogen and oxygen atoms in total. The maximum absolute atomic E-state index is 13.2. The number of hydrogen-bond donors (Lipinski definition) is 1. The number of anilines is 1. The summed E-state index contributed by atoms with van der Waals surface area (Å²) >= 11 is 0. The van der Waals surface area contributed by atoms with Crippen molar-refractivity contribution in [2.75, 3.05) is 31.6 Å². The minimum atomic E-state index is -2.55. The second kappa shape index (κ2) is 10.9. The Hall–Kier alpha value is -3.75. The summed E-state index contributed by atoms with van der Waals surface area (Å²) in [6.45, 7) is 3.86. The van der Waals surface area contributed by atoms with Gasteiger partial charge in [-0.05, 0) is 29.8 Å². The maximum Gasteiger partial charge on any atom is 0.263 e. The Bertz CT molecular complexity index is 1370. The van der Waals surface area contributed by atoms with Crippen LogP contribution in [-0.2, 0) is 22.5 Å². The van der Waals surface area contributed by atoms with Crippen molar-refractivity contribution in [1.82, 2.24) is 14.9 Å². The van der Waals surface area contributed by atoms with Crippen molar-refractivity contribution >= 4 is 22.6 Å². The summed E-state index contributed by atoms with van der Waals surface area (Å²) in [4.78, 5) is 24.5. The van der Waals surface area contributed by atoms with Crippen LogP contribution in [0.1, 0.15) is 23.2 Å². The molecule has 0 atom stereocenters. The molecule has 3 heterocycles. The zero-order valence-electron chi connectivity index (χ0n) is 19.7. The minimum absolute atomic E-state index is 0.0505. The second-order valence-corrected chi connectivity index (χ2v) is 8.74. The topological polar surface area (TPSA) is 67.4 Å². The molecule has 0 spiro atoms. The summed E-state index contributed by atoms with van der Waals surface area (Å²) in [6, 6.07) is 21.2. The number of ether oxygens (including phenoxy) is 1. The number of halogens is 2. The van der Waals surface area contributed by atoms with Crippen molar-refractivity contribution in [1.29, 1.82) is 0 Å². The summed E-state index contributed by atoms with van der Waals surface area (Å²) in [5, 5.41) is 3.77. The number of hydrogen-bond acceptors (Lipinski definition) is 5. The van der Waals surface area contributed by atoms with Gasteiger partial charge in [0.15, 0.2) is 0 Å². The molecule has 1 aliphatic heterocycles. The first-order chi connectivity index (χ1) is 17.5. The predicted octanol–water partition coefficient (Wildman–Crippen LogP) is 5.25. The Balaban J connectivity index is 1.33. The third-order valence-corrected chi connectivity index (χ3v) is 6.15. The molecule has 0 radical (unpaired) electrons. The zero-order valence-corrected chi connectivity index (χ0v) is 19.7. The van der Waals surface area contributed by atoms with E-state index in [4.69, 9.17) is 9.72 Å². The van der Waals surface area contributed by atoms with Gasteiger partial charge in [-0.15, -0.1) is 0 Å². The lowest BCUT2D eigenvalue weighted by Gasteiger charge is -2.26. The third-order valence-electron chi connectivity index (χ3n) is 6.15. The molecule has 0 unspecified atom stereocenters. The molecule has 1 fully saturated rings. The van der Waals surface area contributed by atoms with Crippen LogP contribution >= 0.6 is 0 Å². The Morgan fingerprint density at radius 2 is 1.78 bits per heavy atom. The van der Waals surface area contributed by atoms with Crippen LogP contribution in [-0.4, -0.2) is 47.1 Å². The largest absolute Gasteiger partial charge is 0.379 e. The highest BCUT2D eigenvalue weighted by Gasteiger charge is 2.14. The molecule has 8 heteroatoms. The zero-order chi connectivity index (χ0) is 24.9. The van der Waals surface area contributed by atoms with Crippen LogP contribution in [0.15, 0.2) is 72.8 Å². The van der Waals surface area contributed by atoms with E-state index in [9.17, 15) is 13.6 Å². The molecule has 0 aliphatic carbocycles. The van der Waals surface area contributed by atoms with Crippen LogP contribution in [0.3, 0.4) is 0 Å². The lowest BCUT2D eigenvalue weighted by molar-refractivity contribution is -0.115. The van der Waals surface area contributed by atoms with E-state index in [1.54, 1.807) is 24.3 Å². The molecule has 2 aromatic carbocycles. The summed E-state index contributed by atoms with van der Waals surface area (Å²) in [5.41, 5.74) is 3.44. The van der Waals surface area contributed by atoms with Gasteiger partial charge in [-0.3, -0.25) is 9.69 Å². The number of carbonyl (C=O) groups is 1. The van der Waals surface area contributed by atoms with Crippen molar-refractivity contribution in [3.05, 3.63) is 89.6 Å². The molecule has 2 aromatic heterocycles. The van der Waals surface area contributed by atoms with Gasteiger partial charge in [-0.2, -0.15) is 0 Å². The van der Waals surface area contributed by atoms with Crippen molar-refractivity contribution in [3.8, 4) is 11.3 Å². The number of alkyl halides is 2. The first-order valence-corrected chi connectivity index (χ1v) is 11.9. The van der Waals surface area contributed by atoms with Crippen LogP contribution < -0.4 is 5.32 Å². The highest BCUT2D eigenvalue weighted by Crippen LogP contribution is 2.27. The summed E-state index contributed by atoms with van der Waals surface area (Å²) in [6.07, 6.45) is -2.44. The highest BCUT2D eigenvalue weighted by atomic mass is 19.3. The molecule has 4 aromatic rings. The van der Waals surface area contributed by atoms with Crippen molar-refractivity contribution in [2.24, 2.45) is 0 Å². The lowest BCUT2D eigenvalue weighted by atomic mass is 10.0. The van der Waals surface area contributed by atoms with E-state index in [0.717, 1.165) is 42.9 Å². The average Bonchev–Trinajstić information content (AvgIpc) is 2.89. The van der Waals surface area contributed by atoms with E-state index in [0.29, 0.717) is 29.1 Å². The Labute approximate surface area is 207 Å².